The van der Waals surface area contributed by atoms with Gasteiger partial charge in [0.25, 0.3) is 5.91 Å². The number of thiazole rings is 1. The molecule has 0 bridgehead atoms. The minimum absolute atomic E-state index is 0.0504. The van der Waals surface area contributed by atoms with E-state index in [1.165, 1.54) is 25.4 Å². The minimum atomic E-state index is -0.709. The monoisotopic (exact) mass is 601 g/mol. The van der Waals surface area contributed by atoms with E-state index in [-0.39, 0.29) is 47.4 Å². The first-order valence-corrected chi connectivity index (χ1v) is 15.5. The van der Waals surface area contributed by atoms with E-state index in [9.17, 15) is 19.2 Å². The zero-order valence-electron chi connectivity index (χ0n) is 26.2. The average Bonchev–Trinajstić information content (AvgIpc) is 3.45. The smallest absolute Gasteiger partial charge is 0.308 e. The number of ether oxygens (including phenoxy) is 2. The van der Waals surface area contributed by atoms with Crippen molar-refractivity contribution < 1.29 is 28.7 Å². The third-order valence-electron chi connectivity index (χ3n) is 7.58. The van der Waals surface area contributed by atoms with Gasteiger partial charge in [0.15, 0.2) is 6.10 Å². The number of hydrogen-bond acceptors (Lipinski definition) is 8. The van der Waals surface area contributed by atoms with Crippen molar-refractivity contribution in [2.45, 2.75) is 91.8 Å². The second kappa shape index (κ2) is 17.0. The molecule has 0 aliphatic heterocycles. The SMILES string of the molecule is CCC(C)CC(=O)N(C)C(CC(OC(C)=O)c1nc(C(=O)NC(Cc2ccccc2)CC(C)C(=O)OC)cs1)C(C)C. The number of nitrogens with one attached hydrogen (secondary N) is 1. The quantitative estimate of drug-likeness (QED) is 0.249. The first-order valence-electron chi connectivity index (χ1n) is 14.7. The lowest BCUT2D eigenvalue weighted by molar-refractivity contribution is -0.148. The highest BCUT2D eigenvalue weighted by Crippen LogP contribution is 2.31. The molecule has 1 N–H and O–H groups in total. The molecule has 0 saturated carbocycles. The predicted molar refractivity (Wildman–Crippen MR) is 164 cm³/mol. The number of carbonyl (C=O) groups is 4. The van der Waals surface area contributed by atoms with Gasteiger partial charge in [-0.05, 0) is 30.2 Å². The summed E-state index contributed by atoms with van der Waals surface area (Å²) in [6.45, 7) is 11.3. The Balaban J connectivity index is 2.25. The molecule has 0 aliphatic carbocycles. The molecule has 0 saturated heterocycles. The largest absolute Gasteiger partial charge is 0.469 e. The van der Waals surface area contributed by atoms with Gasteiger partial charge in [0.2, 0.25) is 5.91 Å². The van der Waals surface area contributed by atoms with Crippen LogP contribution in [0.1, 0.15) is 94.4 Å². The zero-order valence-corrected chi connectivity index (χ0v) is 27.0. The fourth-order valence-corrected chi connectivity index (χ4v) is 5.72. The maximum absolute atomic E-state index is 13.3. The topological polar surface area (TPSA) is 115 Å². The van der Waals surface area contributed by atoms with Crippen LogP contribution >= 0.6 is 11.3 Å². The molecule has 5 unspecified atom stereocenters. The molecule has 42 heavy (non-hydrogen) atoms. The van der Waals surface area contributed by atoms with Gasteiger partial charge in [0, 0.05) is 44.3 Å². The maximum atomic E-state index is 13.3. The Bertz CT molecular complexity index is 1170. The normalized spacial score (nSPS) is 14.8. The van der Waals surface area contributed by atoms with Crippen molar-refractivity contribution in [2.24, 2.45) is 17.8 Å². The standard InChI is InChI=1S/C32H47N3O6S/c1-9-21(4)15-29(37)35(7)27(20(2)3)18-28(41-23(6)36)31-34-26(19-42-31)30(38)33-25(16-22(5)32(39)40-8)17-24-13-11-10-12-14-24/h10-14,19-22,25,27-28H,9,15-18H2,1-8H3,(H,33,38). The molecule has 2 rings (SSSR count). The summed E-state index contributed by atoms with van der Waals surface area (Å²) < 4.78 is 10.6. The van der Waals surface area contributed by atoms with E-state index in [1.807, 2.05) is 44.2 Å². The summed E-state index contributed by atoms with van der Waals surface area (Å²) in [6, 6.07) is 9.21. The van der Waals surface area contributed by atoms with Gasteiger partial charge >= 0.3 is 11.9 Å². The fraction of sp³-hybridized carbons (Fsp3) is 0.594. The number of rotatable bonds is 16. The van der Waals surface area contributed by atoms with Crippen molar-refractivity contribution in [3.05, 3.63) is 52.0 Å². The highest BCUT2D eigenvalue weighted by molar-refractivity contribution is 7.09. The number of hydrogen-bond donors (Lipinski definition) is 1. The zero-order chi connectivity index (χ0) is 31.4. The van der Waals surface area contributed by atoms with Crippen LogP contribution in [0.25, 0.3) is 0 Å². The van der Waals surface area contributed by atoms with Crippen molar-refractivity contribution in [1.29, 1.82) is 0 Å². The molecule has 10 heteroatoms. The van der Waals surface area contributed by atoms with Crippen molar-refractivity contribution in [1.82, 2.24) is 15.2 Å². The Labute approximate surface area is 254 Å². The number of carbonyl (C=O) groups excluding carboxylic acids is 4. The minimum Gasteiger partial charge on any atom is -0.469 e. The van der Waals surface area contributed by atoms with Gasteiger partial charge in [0.05, 0.1) is 13.0 Å². The van der Waals surface area contributed by atoms with Crippen LogP contribution in [0.5, 0.6) is 0 Å². The lowest BCUT2D eigenvalue weighted by Gasteiger charge is -2.34. The Hall–Kier alpha value is -3.27. The van der Waals surface area contributed by atoms with Crippen molar-refractivity contribution in [2.75, 3.05) is 14.2 Å². The van der Waals surface area contributed by atoms with Crippen LogP contribution in [0, 0.1) is 17.8 Å². The molecule has 2 amide bonds. The molecule has 232 valence electrons. The van der Waals surface area contributed by atoms with E-state index in [4.69, 9.17) is 9.47 Å². The summed E-state index contributed by atoms with van der Waals surface area (Å²) >= 11 is 1.24. The summed E-state index contributed by atoms with van der Waals surface area (Å²) in [7, 11) is 3.15. The van der Waals surface area contributed by atoms with E-state index >= 15 is 0 Å². The molecule has 9 nitrogen and oxygen atoms in total. The summed E-state index contributed by atoms with van der Waals surface area (Å²) in [5.74, 6) is -1.15. The van der Waals surface area contributed by atoms with E-state index in [0.717, 1.165) is 12.0 Å². The van der Waals surface area contributed by atoms with Crippen LogP contribution in [0.15, 0.2) is 35.7 Å². The van der Waals surface area contributed by atoms with Gasteiger partial charge in [0.1, 0.15) is 10.7 Å². The van der Waals surface area contributed by atoms with Crippen LogP contribution < -0.4 is 5.32 Å². The Morgan fingerprint density at radius 3 is 2.29 bits per heavy atom. The second-order valence-electron chi connectivity index (χ2n) is 11.5. The highest BCUT2D eigenvalue weighted by atomic mass is 32.1. The van der Waals surface area contributed by atoms with Gasteiger partial charge in [-0.15, -0.1) is 11.3 Å². The Kier molecular flexibility index (Phi) is 14.1. The molecular formula is C32H47N3O6S. The average molecular weight is 602 g/mol. The van der Waals surface area contributed by atoms with Gasteiger partial charge < -0.3 is 19.7 Å². The van der Waals surface area contributed by atoms with Gasteiger partial charge in [-0.3, -0.25) is 19.2 Å². The lowest BCUT2D eigenvalue weighted by Crippen LogP contribution is -2.42. The Morgan fingerprint density at radius 1 is 1.05 bits per heavy atom. The Morgan fingerprint density at radius 2 is 1.71 bits per heavy atom. The number of methoxy groups -OCH3 is 1. The third-order valence-corrected chi connectivity index (χ3v) is 8.51. The number of nitrogens with zero attached hydrogens (tertiary/aromatic N) is 2. The molecule has 0 spiro atoms. The fourth-order valence-electron chi connectivity index (χ4n) is 4.88. The van der Waals surface area contributed by atoms with Gasteiger partial charge in [-0.25, -0.2) is 4.98 Å². The molecule has 0 radical (unpaired) electrons. The van der Waals surface area contributed by atoms with Crippen molar-refractivity contribution in [3.8, 4) is 0 Å². The van der Waals surface area contributed by atoms with Gasteiger partial charge in [-0.1, -0.05) is 71.4 Å². The number of amides is 2. The summed E-state index contributed by atoms with van der Waals surface area (Å²) in [5.41, 5.74) is 1.23. The molecule has 1 aromatic heterocycles. The molecule has 0 fully saturated rings. The van der Waals surface area contributed by atoms with Crippen LogP contribution in [0.2, 0.25) is 0 Å². The van der Waals surface area contributed by atoms with Gasteiger partial charge in [-0.2, -0.15) is 0 Å². The van der Waals surface area contributed by atoms with Crippen molar-refractivity contribution >= 4 is 35.1 Å². The third kappa shape index (κ3) is 10.9. The molecule has 5 atom stereocenters. The van der Waals surface area contributed by atoms with Crippen LogP contribution in [-0.2, 0) is 30.3 Å². The number of benzene rings is 1. The van der Waals surface area contributed by atoms with Crippen LogP contribution in [0.4, 0.5) is 0 Å². The summed E-state index contributed by atoms with van der Waals surface area (Å²) in [5, 5.41) is 5.17. The number of esters is 2. The second-order valence-corrected chi connectivity index (χ2v) is 12.3. The lowest BCUT2D eigenvalue weighted by atomic mass is 9.95. The number of aromatic nitrogens is 1. The van der Waals surface area contributed by atoms with E-state index < -0.39 is 18.0 Å². The molecular weight excluding hydrogens is 554 g/mol. The maximum Gasteiger partial charge on any atom is 0.308 e. The highest BCUT2D eigenvalue weighted by Gasteiger charge is 2.31. The van der Waals surface area contributed by atoms with Crippen LogP contribution in [-0.4, -0.2) is 59.9 Å². The van der Waals surface area contributed by atoms with E-state index in [1.54, 1.807) is 24.3 Å². The van der Waals surface area contributed by atoms with E-state index in [2.05, 4.69) is 24.1 Å². The predicted octanol–water partition coefficient (Wildman–Crippen LogP) is 5.60. The molecule has 2 aromatic rings. The van der Waals surface area contributed by atoms with Crippen molar-refractivity contribution in [3.63, 3.8) is 0 Å². The van der Waals surface area contributed by atoms with Crippen LogP contribution in [0.3, 0.4) is 0 Å². The van der Waals surface area contributed by atoms with E-state index in [0.29, 0.717) is 30.7 Å². The first kappa shape index (κ1) is 34.9. The summed E-state index contributed by atoms with van der Waals surface area (Å²) in [6.07, 6.45) is 1.96. The molecule has 1 heterocycles. The summed E-state index contributed by atoms with van der Waals surface area (Å²) in [4.78, 5) is 56.8. The molecule has 1 aromatic carbocycles. The molecule has 0 aliphatic rings. The first-order chi connectivity index (χ1) is 19.9.